The lowest BCUT2D eigenvalue weighted by molar-refractivity contribution is 0.113. The van der Waals surface area contributed by atoms with E-state index in [1.54, 1.807) is 0 Å². The normalized spacial score (nSPS) is 20.1. The van der Waals surface area contributed by atoms with Gasteiger partial charge in [-0.2, -0.15) is 0 Å². The minimum absolute atomic E-state index is 0.638. The van der Waals surface area contributed by atoms with Crippen LogP contribution in [0.4, 0.5) is 0 Å². The molecule has 0 unspecified atom stereocenters. The molecule has 0 bridgehead atoms. The Kier molecular flexibility index (Phi) is 8.01. The Labute approximate surface area is 121 Å². The Balaban J connectivity index is 1.94. The van der Waals surface area contributed by atoms with Gasteiger partial charge in [-0.1, -0.05) is 47.0 Å². The van der Waals surface area contributed by atoms with Crippen LogP contribution in [0.25, 0.3) is 0 Å². The molecule has 0 aromatic rings. The average molecular weight is 268 g/mol. The van der Waals surface area contributed by atoms with Crippen LogP contribution in [0.5, 0.6) is 0 Å². The highest BCUT2D eigenvalue weighted by molar-refractivity contribution is 4.81. The minimum atomic E-state index is 0.638. The minimum Gasteiger partial charge on any atom is -0.315 e. The van der Waals surface area contributed by atoms with Crippen molar-refractivity contribution in [3.63, 3.8) is 0 Å². The number of nitrogens with zero attached hydrogens (tertiary/aromatic N) is 1. The highest BCUT2D eigenvalue weighted by atomic mass is 15.1. The summed E-state index contributed by atoms with van der Waals surface area (Å²) in [5, 5.41) is 3.49. The van der Waals surface area contributed by atoms with E-state index in [2.05, 4.69) is 37.9 Å². The molecule has 114 valence electrons. The Bertz CT molecular complexity index is 217. The molecule has 2 heteroatoms. The molecular weight excluding hydrogens is 232 g/mol. The van der Waals surface area contributed by atoms with E-state index in [1.807, 2.05) is 0 Å². The van der Waals surface area contributed by atoms with Crippen molar-refractivity contribution in [3.8, 4) is 0 Å². The fourth-order valence-electron chi connectivity index (χ4n) is 2.87. The average Bonchev–Trinajstić information content (AvgIpc) is 2.39. The predicted octanol–water partition coefficient (Wildman–Crippen LogP) is 4.06. The second-order valence-electron chi connectivity index (χ2n) is 7.03. The molecule has 2 nitrogen and oxygen atoms in total. The van der Waals surface area contributed by atoms with Gasteiger partial charge in [0.25, 0.3) is 0 Å². The third-order valence-electron chi connectivity index (χ3n) is 4.87. The van der Waals surface area contributed by atoms with Crippen LogP contribution in [0.2, 0.25) is 0 Å². The van der Waals surface area contributed by atoms with Crippen molar-refractivity contribution in [1.29, 1.82) is 0 Å². The molecule has 1 rings (SSSR count). The van der Waals surface area contributed by atoms with E-state index >= 15 is 0 Å². The monoisotopic (exact) mass is 268 g/mol. The summed E-state index contributed by atoms with van der Waals surface area (Å²) in [5.74, 6) is 0. The maximum atomic E-state index is 3.49. The van der Waals surface area contributed by atoms with Crippen molar-refractivity contribution >= 4 is 0 Å². The molecule has 1 saturated heterocycles. The van der Waals surface area contributed by atoms with Crippen LogP contribution >= 0.6 is 0 Å². The van der Waals surface area contributed by atoms with Gasteiger partial charge in [-0.15, -0.1) is 0 Å². The standard InChI is InChI=1S/C17H36N2/c1-5-17(4)10-14-19(15-11-17)13-9-7-6-8-12-18-16(2)3/h16,18H,5-15H2,1-4H3. The molecule has 0 saturated carbocycles. The van der Waals surface area contributed by atoms with E-state index in [0.717, 1.165) is 0 Å². The van der Waals surface area contributed by atoms with Crippen molar-refractivity contribution in [2.24, 2.45) is 5.41 Å². The second-order valence-corrected chi connectivity index (χ2v) is 7.03. The van der Waals surface area contributed by atoms with Crippen LogP contribution in [-0.2, 0) is 0 Å². The zero-order chi connectivity index (χ0) is 14.1. The van der Waals surface area contributed by atoms with Gasteiger partial charge in [0.1, 0.15) is 0 Å². The highest BCUT2D eigenvalue weighted by Crippen LogP contribution is 2.33. The Morgan fingerprint density at radius 2 is 1.68 bits per heavy atom. The van der Waals surface area contributed by atoms with Gasteiger partial charge in [-0.3, -0.25) is 0 Å². The van der Waals surface area contributed by atoms with Gasteiger partial charge in [0.05, 0.1) is 0 Å². The lowest BCUT2D eigenvalue weighted by atomic mass is 9.78. The summed E-state index contributed by atoms with van der Waals surface area (Å²) in [6.45, 7) is 14.4. The fourth-order valence-corrected chi connectivity index (χ4v) is 2.87. The summed E-state index contributed by atoms with van der Waals surface area (Å²) >= 11 is 0. The molecule has 1 N–H and O–H groups in total. The van der Waals surface area contributed by atoms with E-state index in [1.165, 1.54) is 71.1 Å². The van der Waals surface area contributed by atoms with E-state index < -0.39 is 0 Å². The number of nitrogens with one attached hydrogen (secondary N) is 1. The molecule has 0 spiro atoms. The maximum absolute atomic E-state index is 3.49. The Morgan fingerprint density at radius 1 is 1.05 bits per heavy atom. The molecule has 0 aliphatic carbocycles. The van der Waals surface area contributed by atoms with Gasteiger partial charge >= 0.3 is 0 Å². The molecule has 0 aromatic heterocycles. The Morgan fingerprint density at radius 3 is 2.26 bits per heavy atom. The number of hydrogen-bond donors (Lipinski definition) is 1. The summed E-state index contributed by atoms with van der Waals surface area (Å²) in [4.78, 5) is 2.68. The smallest absolute Gasteiger partial charge is 0.00103 e. The van der Waals surface area contributed by atoms with Crippen molar-refractivity contribution in [1.82, 2.24) is 10.2 Å². The van der Waals surface area contributed by atoms with Crippen LogP contribution in [-0.4, -0.2) is 37.1 Å². The predicted molar refractivity (Wildman–Crippen MR) is 85.7 cm³/mol. The lowest BCUT2D eigenvalue weighted by Crippen LogP contribution is -2.38. The molecule has 0 aromatic carbocycles. The highest BCUT2D eigenvalue weighted by Gasteiger charge is 2.27. The van der Waals surface area contributed by atoms with E-state index in [4.69, 9.17) is 0 Å². The van der Waals surface area contributed by atoms with Crippen molar-refractivity contribution in [2.75, 3.05) is 26.2 Å². The van der Waals surface area contributed by atoms with Gasteiger partial charge in [0.15, 0.2) is 0 Å². The van der Waals surface area contributed by atoms with Gasteiger partial charge in [0.2, 0.25) is 0 Å². The van der Waals surface area contributed by atoms with Crippen LogP contribution in [0, 0.1) is 5.41 Å². The van der Waals surface area contributed by atoms with Crippen LogP contribution in [0.15, 0.2) is 0 Å². The summed E-state index contributed by atoms with van der Waals surface area (Å²) in [6.07, 6.45) is 9.69. The molecule has 1 aliphatic heterocycles. The second kappa shape index (κ2) is 8.97. The molecule has 1 aliphatic rings. The fraction of sp³-hybridized carbons (Fsp3) is 1.00. The SMILES string of the molecule is CCC1(C)CCN(CCCCCCNC(C)C)CC1. The molecule has 1 fully saturated rings. The van der Waals surface area contributed by atoms with Gasteiger partial charge in [-0.05, 0) is 57.3 Å². The lowest BCUT2D eigenvalue weighted by Gasteiger charge is -2.39. The first-order valence-corrected chi connectivity index (χ1v) is 8.51. The summed E-state index contributed by atoms with van der Waals surface area (Å²) in [5.41, 5.74) is 0.638. The largest absolute Gasteiger partial charge is 0.315 e. The number of rotatable bonds is 9. The van der Waals surface area contributed by atoms with Gasteiger partial charge in [-0.25, -0.2) is 0 Å². The van der Waals surface area contributed by atoms with Gasteiger partial charge < -0.3 is 10.2 Å². The quantitative estimate of drug-likeness (QED) is 0.635. The molecule has 0 amide bonds. The summed E-state index contributed by atoms with van der Waals surface area (Å²) in [7, 11) is 0. The van der Waals surface area contributed by atoms with Crippen LogP contribution < -0.4 is 5.32 Å². The molecule has 0 radical (unpaired) electrons. The van der Waals surface area contributed by atoms with E-state index in [0.29, 0.717) is 11.5 Å². The topological polar surface area (TPSA) is 15.3 Å². The van der Waals surface area contributed by atoms with Crippen molar-refractivity contribution in [3.05, 3.63) is 0 Å². The first-order valence-electron chi connectivity index (χ1n) is 8.51. The number of likely N-dealkylation sites (tertiary alicyclic amines) is 1. The number of hydrogen-bond acceptors (Lipinski definition) is 2. The van der Waals surface area contributed by atoms with Crippen molar-refractivity contribution < 1.29 is 0 Å². The summed E-state index contributed by atoms with van der Waals surface area (Å²) < 4.78 is 0. The molecule has 0 atom stereocenters. The molecule has 19 heavy (non-hydrogen) atoms. The maximum Gasteiger partial charge on any atom is 0.00103 e. The number of piperidine rings is 1. The Hall–Kier alpha value is -0.0800. The first kappa shape index (κ1) is 17.0. The third kappa shape index (κ3) is 7.31. The first-order chi connectivity index (χ1) is 9.06. The van der Waals surface area contributed by atoms with E-state index in [-0.39, 0.29) is 0 Å². The zero-order valence-electron chi connectivity index (χ0n) is 13.8. The third-order valence-corrected chi connectivity index (χ3v) is 4.87. The van der Waals surface area contributed by atoms with Crippen LogP contribution in [0.3, 0.4) is 0 Å². The molecular formula is C17H36N2. The van der Waals surface area contributed by atoms with Crippen LogP contribution in [0.1, 0.15) is 72.6 Å². The van der Waals surface area contributed by atoms with E-state index in [9.17, 15) is 0 Å². The van der Waals surface area contributed by atoms with Gasteiger partial charge in [0, 0.05) is 6.04 Å². The zero-order valence-corrected chi connectivity index (χ0v) is 13.8. The number of unbranched alkanes of at least 4 members (excludes halogenated alkanes) is 3. The van der Waals surface area contributed by atoms with Crippen molar-refractivity contribution in [2.45, 2.75) is 78.7 Å². The molecule has 1 heterocycles. The summed E-state index contributed by atoms with van der Waals surface area (Å²) in [6, 6.07) is 0.640.